The monoisotopic (exact) mass is 204 g/mol. The van der Waals surface area contributed by atoms with E-state index in [-0.39, 0.29) is 0 Å². The van der Waals surface area contributed by atoms with Crippen molar-refractivity contribution in [1.82, 2.24) is 16.3 Å². The Morgan fingerprint density at radius 2 is 2.07 bits per heavy atom. The van der Waals surface area contributed by atoms with E-state index in [0.29, 0.717) is 18.1 Å². The second-order valence-electron chi connectivity index (χ2n) is 4.24. The zero-order valence-electron chi connectivity index (χ0n) is 8.77. The Bertz CT molecular complexity index is 340. The van der Waals surface area contributed by atoms with Crippen LogP contribution in [0.2, 0.25) is 0 Å². The van der Waals surface area contributed by atoms with Gasteiger partial charge in [0.2, 0.25) is 0 Å². The van der Waals surface area contributed by atoms with E-state index in [1.807, 2.05) is 6.07 Å². The first-order valence-electron chi connectivity index (χ1n) is 5.45. The molecule has 15 heavy (non-hydrogen) atoms. The molecule has 0 radical (unpaired) electrons. The molecule has 2 saturated heterocycles. The van der Waals surface area contributed by atoms with Gasteiger partial charge in [0, 0.05) is 12.6 Å². The molecule has 3 rings (SSSR count). The molecule has 2 aliphatic heterocycles. The van der Waals surface area contributed by atoms with Gasteiger partial charge in [-0.25, -0.2) is 5.43 Å². The molecule has 0 saturated carbocycles. The summed E-state index contributed by atoms with van der Waals surface area (Å²) in [6.07, 6.45) is 0. The Labute approximate surface area is 89.6 Å². The molecule has 0 bridgehead atoms. The van der Waals surface area contributed by atoms with Gasteiger partial charge in [-0.15, -0.1) is 0 Å². The van der Waals surface area contributed by atoms with Gasteiger partial charge in [0.05, 0.1) is 17.8 Å². The third kappa shape index (κ3) is 1.42. The van der Waals surface area contributed by atoms with Crippen molar-refractivity contribution in [3.63, 3.8) is 0 Å². The lowest BCUT2D eigenvalue weighted by atomic mass is 10.1. The van der Waals surface area contributed by atoms with Crippen LogP contribution in [0.4, 0.5) is 5.69 Å². The zero-order valence-corrected chi connectivity index (χ0v) is 8.77. The molecule has 1 aromatic rings. The summed E-state index contributed by atoms with van der Waals surface area (Å²) in [4.78, 5) is 0. The molecule has 3 atom stereocenters. The Balaban J connectivity index is 1.88. The van der Waals surface area contributed by atoms with Gasteiger partial charge < -0.3 is 5.01 Å². The Hall–Kier alpha value is -1.10. The zero-order chi connectivity index (χ0) is 10.3. The first kappa shape index (κ1) is 9.15. The largest absolute Gasteiger partial charge is 0.302 e. The minimum atomic E-state index is 0.463. The van der Waals surface area contributed by atoms with Crippen LogP contribution in [0.25, 0.3) is 0 Å². The van der Waals surface area contributed by atoms with E-state index in [4.69, 9.17) is 0 Å². The summed E-state index contributed by atoms with van der Waals surface area (Å²) >= 11 is 0. The molecule has 2 aliphatic rings. The van der Waals surface area contributed by atoms with E-state index in [1.165, 1.54) is 5.69 Å². The number of para-hydroxylation sites is 1. The van der Waals surface area contributed by atoms with Gasteiger partial charge in [0.1, 0.15) is 0 Å². The molecule has 0 amide bonds. The van der Waals surface area contributed by atoms with Gasteiger partial charge in [-0.05, 0) is 19.1 Å². The average Bonchev–Trinajstić information content (AvgIpc) is 2.84. The third-order valence-corrected chi connectivity index (χ3v) is 3.24. The summed E-state index contributed by atoms with van der Waals surface area (Å²) in [5, 5.41) is 2.27. The van der Waals surface area contributed by atoms with E-state index in [9.17, 15) is 0 Å². The van der Waals surface area contributed by atoms with Crippen LogP contribution in [0.1, 0.15) is 6.92 Å². The lowest BCUT2D eigenvalue weighted by Gasteiger charge is -2.24. The summed E-state index contributed by atoms with van der Waals surface area (Å²) in [5.74, 6) is 0. The maximum Gasteiger partial charge on any atom is 0.0775 e. The normalized spacial score (nSPS) is 34.5. The molecule has 1 aromatic carbocycles. The predicted octanol–water partition coefficient (Wildman–Crippen LogP) is 0.245. The molecule has 0 spiro atoms. The first-order valence-corrected chi connectivity index (χ1v) is 5.45. The Morgan fingerprint density at radius 1 is 1.27 bits per heavy atom. The molecule has 4 nitrogen and oxygen atoms in total. The lowest BCUT2D eigenvalue weighted by Crippen LogP contribution is -2.43. The lowest BCUT2D eigenvalue weighted by molar-refractivity contribution is 0.483. The highest BCUT2D eigenvalue weighted by molar-refractivity contribution is 5.48. The molecule has 3 unspecified atom stereocenters. The third-order valence-electron chi connectivity index (χ3n) is 3.24. The van der Waals surface area contributed by atoms with Crippen LogP contribution in [0, 0.1) is 0 Å². The SMILES string of the molecule is CC1NN(c2ccccc2)C2CNNC12. The minimum Gasteiger partial charge on any atom is -0.302 e. The standard InChI is InChI=1S/C11H16N4/c1-8-11-10(7-12-13-11)15(14-8)9-5-3-2-4-6-9/h2-6,8,10-14H,7H2,1H3. The van der Waals surface area contributed by atoms with E-state index in [1.54, 1.807) is 0 Å². The van der Waals surface area contributed by atoms with Crippen LogP contribution in [-0.4, -0.2) is 24.7 Å². The topological polar surface area (TPSA) is 39.3 Å². The van der Waals surface area contributed by atoms with Crippen LogP contribution in [0.3, 0.4) is 0 Å². The molecule has 2 heterocycles. The number of hydrogen-bond acceptors (Lipinski definition) is 4. The molecule has 2 fully saturated rings. The number of anilines is 1. The summed E-state index contributed by atoms with van der Waals surface area (Å²) in [6, 6.07) is 11.9. The number of benzene rings is 1. The average molecular weight is 204 g/mol. The van der Waals surface area contributed by atoms with E-state index >= 15 is 0 Å². The summed E-state index contributed by atoms with van der Waals surface area (Å²) in [5.41, 5.74) is 11.3. The van der Waals surface area contributed by atoms with Crippen LogP contribution < -0.4 is 21.3 Å². The van der Waals surface area contributed by atoms with Crippen LogP contribution in [0.15, 0.2) is 30.3 Å². The number of nitrogens with zero attached hydrogens (tertiary/aromatic N) is 1. The van der Waals surface area contributed by atoms with Gasteiger partial charge in [0.15, 0.2) is 0 Å². The fourth-order valence-electron chi connectivity index (χ4n) is 2.46. The number of nitrogens with one attached hydrogen (secondary N) is 3. The van der Waals surface area contributed by atoms with Gasteiger partial charge in [-0.1, -0.05) is 18.2 Å². The van der Waals surface area contributed by atoms with Crippen molar-refractivity contribution in [2.45, 2.75) is 25.0 Å². The van der Waals surface area contributed by atoms with Crippen molar-refractivity contribution in [1.29, 1.82) is 0 Å². The highest BCUT2D eigenvalue weighted by Crippen LogP contribution is 2.24. The van der Waals surface area contributed by atoms with Gasteiger partial charge in [-0.2, -0.15) is 0 Å². The van der Waals surface area contributed by atoms with Gasteiger partial charge in [0.25, 0.3) is 0 Å². The molecule has 80 valence electrons. The molecular weight excluding hydrogens is 188 g/mol. The summed E-state index contributed by atoms with van der Waals surface area (Å²) < 4.78 is 0. The number of fused-ring (bicyclic) bond motifs is 1. The quantitative estimate of drug-likeness (QED) is 0.613. The van der Waals surface area contributed by atoms with Crippen molar-refractivity contribution in [2.24, 2.45) is 0 Å². The summed E-state index contributed by atoms with van der Waals surface area (Å²) in [6.45, 7) is 3.19. The first-order chi connectivity index (χ1) is 7.36. The number of hydrogen-bond donors (Lipinski definition) is 3. The minimum absolute atomic E-state index is 0.463. The molecule has 3 N–H and O–H groups in total. The predicted molar refractivity (Wildman–Crippen MR) is 60.2 cm³/mol. The number of rotatable bonds is 1. The highest BCUT2D eigenvalue weighted by Gasteiger charge is 2.42. The Kier molecular flexibility index (Phi) is 2.12. The maximum absolute atomic E-state index is 3.50. The van der Waals surface area contributed by atoms with Crippen molar-refractivity contribution < 1.29 is 0 Å². The molecule has 0 aromatic heterocycles. The second-order valence-corrected chi connectivity index (χ2v) is 4.24. The van der Waals surface area contributed by atoms with Crippen LogP contribution >= 0.6 is 0 Å². The van der Waals surface area contributed by atoms with Crippen molar-refractivity contribution >= 4 is 5.69 Å². The second kappa shape index (κ2) is 3.48. The molecule has 0 aliphatic carbocycles. The van der Waals surface area contributed by atoms with Crippen molar-refractivity contribution in [3.05, 3.63) is 30.3 Å². The fraction of sp³-hybridized carbons (Fsp3) is 0.455. The van der Waals surface area contributed by atoms with Crippen molar-refractivity contribution in [2.75, 3.05) is 11.6 Å². The van der Waals surface area contributed by atoms with Crippen molar-refractivity contribution in [3.8, 4) is 0 Å². The fourth-order valence-corrected chi connectivity index (χ4v) is 2.46. The van der Waals surface area contributed by atoms with Gasteiger partial charge in [-0.3, -0.25) is 10.9 Å². The molecular formula is C11H16N4. The van der Waals surface area contributed by atoms with E-state index < -0.39 is 0 Å². The van der Waals surface area contributed by atoms with Crippen LogP contribution in [-0.2, 0) is 0 Å². The summed E-state index contributed by atoms with van der Waals surface area (Å²) in [7, 11) is 0. The number of hydrazine groups is 2. The van der Waals surface area contributed by atoms with Crippen LogP contribution in [0.5, 0.6) is 0 Å². The smallest absolute Gasteiger partial charge is 0.0775 e. The van der Waals surface area contributed by atoms with E-state index in [2.05, 4.69) is 52.5 Å². The highest BCUT2D eigenvalue weighted by atomic mass is 15.6. The van der Waals surface area contributed by atoms with Gasteiger partial charge >= 0.3 is 0 Å². The maximum atomic E-state index is 3.50. The Morgan fingerprint density at radius 3 is 2.87 bits per heavy atom. The van der Waals surface area contributed by atoms with E-state index in [0.717, 1.165) is 6.54 Å². The molecule has 4 heteroatoms.